The number of benzene rings is 6. The molecule has 220 valence electrons. The molecular formula is C36H22N6S4. The summed E-state index contributed by atoms with van der Waals surface area (Å²) in [6.45, 7) is 0. The molecule has 4 heterocycles. The van der Waals surface area contributed by atoms with Gasteiger partial charge in [0.25, 0.3) is 0 Å². The van der Waals surface area contributed by atoms with E-state index < -0.39 is 0 Å². The van der Waals surface area contributed by atoms with Crippen molar-refractivity contribution in [3.05, 3.63) is 133 Å². The Morgan fingerprint density at radius 1 is 0.326 bits per heavy atom. The Morgan fingerprint density at radius 3 is 1.04 bits per heavy atom. The molecule has 8 aromatic rings. The zero-order valence-electron chi connectivity index (χ0n) is 24.0. The van der Waals surface area contributed by atoms with Crippen molar-refractivity contribution < 1.29 is 0 Å². The number of aromatic nitrogens is 4. The smallest absolute Gasteiger partial charge is 0.130 e. The lowest BCUT2D eigenvalue weighted by molar-refractivity contribution is 1.16. The van der Waals surface area contributed by atoms with Gasteiger partial charge in [0, 0.05) is 19.6 Å². The predicted molar refractivity (Wildman–Crippen MR) is 192 cm³/mol. The van der Waals surface area contributed by atoms with E-state index >= 15 is 0 Å². The zero-order chi connectivity index (χ0) is 30.5. The highest BCUT2D eigenvalue weighted by Gasteiger charge is 2.30. The Bertz CT molecular complexity index is 2130. The van der Waals surface area contributed by atoms with Crippen LogP contribution in [0.4, 0.5) is 34.1 Å². The van der Waals surface area contributed by atoms with Gasteiger partial charge in [0.2, 0.25) is 0 Å². The first kappa shape index (κ1) is 27.6. The zero-order valence-corrected chi connectivity index (χ0v) is 27.3. The lowest BCUT2D eigenvalue weighted by atomic mass is 10.1. The van der Waals surface area contributed by atoms with E-state index in [2.05, 4.69) is 128 Å². The number of fused-ring (bicyclic) bond motifs is 6. The summed E-state index contributed by atoms with van der Waals surface area (Å²) in [5.74, 6) is 0. The summed E-state index contributed by atoms with van der Waals surface area (Å²) in [4.78, 5) is 9.61. The molecule has 0 saturated carbocycles. The molecule has 0 amide bonds. The highest BCUT2D eigenvalue weighted by atomic mass is 32.2. The third-order valence-corrected chi connectivity index (χ3v) is 11.2. The van der Waals surface area contributed by atoms with Crippen LogP contribution in [0.1, 0.15) is 0 Å². The van der Waals surface area contributed by atoms with Gasteiger partial charge < -0.3 is 9.80 Å². The van der Waals surface area contributed by atoms with Gasteiger partial charge >= 0.3 is 0 Å². The van der Waals surface area contributed by atoms with E-state index in [9.17, 15) is 0 Å². The lowest BCUT2D eigenvalue weighted by Gasteiger charge is -2.35. The van der Waals surface area contributed by atoms with E-state index in [1.165, 1.54) is 65.8 Å². The topological polar surface area (TPSA) is 58.0 Å². The van der Waals surface area contributed by atoms with Crippen molar-refractivity contribution in [1.82, 2.24) is 17.5 Å². The van der Waals surface area contributed by atoms with Crippen molar-refractivity contribution in [2.24, 2.45) is 0 Å². The van der Waals surface area contributed by atoms with Gasteiger partial charge in [-0.2, -0.15) is 17.5 Å². The standard InChI is InChI=1S/C30H18N4S3.C6H4N2S/c1-5-13-25-19(9-1)33(20-10-2-6-14-26(20)35-25)23-17-18-24(30-29(23)31-37-32-30)34-21-11-3-7-15-27(21)36-28-16-8-4-12-22(28)34;1-2-4-6-5(3-1)7-9-8-6/h1-18H;1-4H. The molecule has 46 heavy (non-hydrogen) atoms. The van der Waals surface area contributed by atoms with Crippen molar-refractivity contribution in [1.29, 1.82) is 0 Å². The summed E-state index contributed by atoms with van der Waals surface area (Å²) in [5.41, 5.74) is 10.5. The molecule has 0 atom stereocenters. The van der Waals surface area contributed by atoms with Gasteiger partial charge in [-0.05, 0) is 72.8 Å². The Balaban J connectivity index is 0.000000279. The number of rotatable bonds is 2. The van der Waals surface area contributed by atoms with Crippen molar-refractivity contribution in [2.75, 3.05) is 9.80 Å². The van der Waals surface area contributed by atoms with Crippen LogP contribution in [0.15, 0.2) is 153 Å². The second-order valence-corrected chi connectivity index (χ2v) is 13.8. The molecule has 6 aromatic carbocycles. The number of hydrogen-bond acceptors (Lipinski definition) is 10. The van der Waals surface area contributed by atoms with Crippen LogP contribution in [0, 0.1) is 0 Å². The van der Waals surface area contributed by atoms with E-state index in [0.29, 0.717) is 0 Å². The molecule has 0 saturated heterocycles. The third-order valence-electron chi connectivity index (χ3n) is 7.88. The molecule has 6 nitrogen and oxygen atoms in total. The maximum Gasteiger partial charge on any atom is 0.130 e. The minimum Gasteiger partial charge on any atom is -0.306 e. The average Bonchev–Trinajstić information content (AvgIpc) is 3.81. The Kier molecular flexibility index (Phi) is 6.93. The average molecular weight is 667 g/mol. The second kappa shape index (κ2) is 11.6. The van der Waals surface area contributed by atoms with Crippen LogP contribution >= 0.6 is 47.0 Å². The van der Waals surface area contributed by atoms with E-state index in [4.69, 9.17) is 8.75 Å². The van der Waals surface area contributed by atoms with Gasteiger partial charge in [-0.3, -0.25) is 0 Å². The van der Waals surface area contributed by atoms with Crippen LogP contribution in [0.5, 0.6) is 0 Å². The van der Waals surface area contributed by atoms with Crippen LogP contribution in [-0.2, 0) is 0 Å². The minimum atomic E-state index is 0.909. The second-order valence-electron chi connectivity index (χ2n) is 10.6. The van der Waals surface area contributed by atoms with Gasteiger partial charge in [-0.15, -0.1) is 0 Å². The molecule has 10 rings (SSSR count). The van der Waals surface area contributed by atoms with Gasteiger partial charge in [0.15, 0.2) is 0 Å². The van der Waals surface area contributed by atoms with Crippen LogP contribution in [0.3, 0.4) is 0 Å². The first-order valence-corrected chi connectivity index (χ1v) is 17.7. The van der Waals surface area contributed by atoms with E-state index in [1.54, 1.807) is 0 Å². The van der Waals surface area contributed by atoms with Crippen LogP contribution in [-0.4, -0.2) is 17.5 Å². The SMILES string of the molecule is c1ccc2c(c1)Sc1ccccc1N2c1ccc(N2c3ccccc3Sc3ccccc32)c2nsnc12.c1ccc2nsnc2c1. The number of para-hydroxylation sites is 4. The summed E-state index contributed by atoms with van der Waals surface area (Å²) >= 11 is 6.15. The predicted octanol–water partition coefficient (Wildman–Crippen LogP) is 11.3. The van der Waals surface area contributed by atoms with Gasteiger partial charge in [0.05, 0.1) is 57.6 Å². The molecule has 0 fully saturated rings. The molecule has 2 aromatic heterocycles. The maximum atomic E-state index is 4.86. The molecule has 10 heteroatoms. The molecule has 2 aliphatic heterocycles. The molecule has 0 N–H and O–H groups in total. The molecule has 0 radical (unpaired) electrons. The quantitative estimate of drug-likeness (QED) is 0.181. The Hall–Kier alpha value is -4.74. The summed E-state index contributed by atoms with van der Waals surface area (Å²) in [6.07, 6.45) is 0. The molecule has 0 spiro atoms. The first-order chi connectivity index (χ1) is 22.8. The molecule has 0 aliphatic carbocycles. The summed E-state index contributed by atoms with van der Waals surface area (Å²) < 4.78 is 17.8. The minimum absolute atomic E-state index is 0.909. The normalized spacial score (nSPS) is 13.0. The van der Waals surface area contributed by atoms with E-state index in [-0.39, 0.29) is 0 Å². The molecular weight excluding hydrogens is 645 g/mol. The van der Waals surface area contributed by atoms with Gasteiger partial charge in [-0.1, -0.05) is 84.2 Å². The number of nitrogens with zero attached hydrogens (tertiary/aromatic N) is 6. The highest BCUT2D eigenvalue weighted by Crippen LogP contribution is 2.55. The van der Waals surface area contributed by atoms with Crippen LogP contribution < -0.4 is 9.80 Å². The summed E-state index contributed by atoms with van der Waals surface area (Å²) in [5, 5.41) is 0. The highest BCUT2D eigenvalue weighted by molar-refractivity contribution is 8.00. The lowest BCUT2D eigenvalue weighted by Crippen LogP contribution is -2.17. The van der Waals surface area contributed by atoms with Gasteiger partial charge in [0.1, 0.15) is 22.1 Å². The first-order valence-electron chi connectivity index (χ1n) is 14.6. The van der Waals surface area contributed by atoms with E-state index in [0.717, 1.165) is 33.4 Å². The largest absolute Gasteiger partial charge is 0.306 e. The molecule has 0 bridgehead atoms. The van der Waals surface area contributed by atoms with Crippen LogP contribution in [0.2, 0.25) is 0 Å². The third kappa shape index (κ3) is 4.64. The fourth-order valence-corrected chi connectivity index (χ4v) is 9.06. The molecule has 0 unspecified atom stereocenters. The molecule has 2 aliphatic rings. The van der Waals surface area contributed by atoms with Crippen molar-refractivity contribution in [2.45, 2.75) is 19.6 Å². The monoisotopic (exact) mass is 666 g/mol. The fourth-order valence-electron chi connectivity index (χ4n) is 5.86. The van der Waals surface area contributed by atoms with Crippen LogP contribution in [0.25, 0.3) is 22.1 Å². The maximum absolute atomic E-state index is 4.86. The Morgan fingerprint density at radius 2 is 0.652 bits per heavy atom. The van der Waals surface area contributed by atoms with Crippen molar-refractivity contribution in [3.63, 3.8) is 0 Å². The Labute approximate surface area is 282 Å². The van der Waals surface area contributed by atoms with E-state index in [1.807, 2.05) is 47.8 Å². The summed E-state index contributed by atoms with van der Waals surface area (Å²) in [7, 11) is 0. The van der Waals surface area contributed by atoms with Crippen molar-refractivity contribution >= 4 is 103 Å². The number of hydrogen-bond donors (Lipinski definition) is 0. The fraction of sp³-hybridized carbons (Fsp3) is 0. The number of anilines is 6. The summed E-state index contributed by atoms with van der Waals surface area (Å²) in [6, 6.07) is 46.6. The van der Waals surface area contributed by atoms with Crippen molar-refractivity contribution in [3.8, 4) is 0 Å². The van der Waals surface area contributed by atoms with Gasteiger partial charge in [-0.25, -0.2) is 0 Å².